The number of nitrogens with one attached hydrogen (secondary N) is 2. The minimum atomic E-state index is -0.0262. The first-order chi connectivity index (χ1) is 7.23. The van der Waals surface area contributed by atoms with Gasteiger partial charge in [0.15, 0.2) is 11.5 Å². The lowest BCUT2D eigenvalue weighted by Crippen LogP contribution is -2.37. The van der Waals surface area contributed by atoms with Crippen molar-refractivity contribution < 1.29 is 0 Å². The normalized spacial score (nSPS) is 24.8. The molecule has 5 heteroatoms. The van der Waals surface area contributed by atoms with Crippen LogP contribution < -0.4 is 10.6 Å². The standard InChI is InChI=1S/C10H13N5/c1-10(2-3-12-7-10)15-9-8(6-11)13-4-5-14-9/h4-5,12H,2-3,7H2,1H3,(H,14,15). The third kappa shape index (κ3) is 2.05. The fraction of sp³-hybridized carbons (Fsp3) is 0.500. The van der Waals surface area contributed by atoms with E-state index in [0.29, 0.717) is 11.5 Å². The number of aromatic nitrogens is 2. The fourth-order valence-corrected chi connectivity index (χ4v) is 1.72. The fourth-order valence-electron chi connectivity index (χ4n) is 1.72. The Morgan fingerprint density at radius 3 is 3.00 bits per heavy atom. The van der Waals surface area contributed by atoms with E-state index in [0.717, 1.165) is 19.5 Å². The lowest BCUT2D eigenvalue weighted by molar-refractivity contribution is 0.563. The van der Waals surface area contributed by atoms with Crippen molar-refractivity contribution in [2.45, 2.75) is 18.9 Å². The van der Waals surface area contributed by atoms with Crippen LogP contribution in [0.1, 0.15) is 19.0 Å². The van der Waals surface area contributed by atoms with Gasteiger partial charge in [-0.05, 0) is 19.9 Å². The minimum absolute atomic E-state index is 0.0262. The molecule has 0 radical (unpaired) electrons. The van der Waals surface area contributed by atoms with E-state index in [9.17, 15) is 0 Å². The Bertz CT molecular complexity index is 389. The Balaban J connectivity index is 2.20. The van der Waals surface area contributed by atoms with E-state index in [1.807, 2.05) is 6.07 Å². The Hall–Kier alpha value is -1.67. The molecule has 0 amide bonds. The van der Waals surface area contributed by atoms with Crippen LogP contribution in [0, 0.1) is 11.3 Å². The van der Waals surface area contributed by atoms with Crippen LogP contribution in [0.2, 0.25) is 0 Å². The van der Waals surface area contributed by atoms with Crippen molar-refractivity contribution in [2.75, 3.05) is 18.4 Å². The van der Waals surface area contributed by atoms with Crippen molar-refractivity contribution in [3.8, 4) is 6.07 Å². The van der Waals surface area contributed by atoms with Gasteiger partial charge in [0.1, 0.15) is 6.07 Å². The van der Waals surface area contributed by atoms with E-state index in [4.69, 9.17) is 5.26 Å². The first-order valence-electron chi connectivity index (χ1n) is 4.93. The number of anilines is 1. The van der Waals surface area contributed by atoms with E-state index in [-0.39, 0.29) is 5.54 Å². The zero-order chi connectivity index (χ0) is 10.7. The maximum atomic E-state index is 8.87. The van der Waals surface area contributed by atoms with Gasteiger partial charge in [0, 0.05) is 24.5 Å². The molecule has 0 aromatic carbocycles. The molecule has 1 aliphatic heterocycles. The smallest absolute Gasteiger partial charge is 0.182 e. The van der Waals surface area contributed by atoms with Gasteiger partial charge < -0.3 is 10.6 Å². The van der Waals surface area contributed by atoms with Gasteiger partial charge in [-0.2, -0.15) is 5.26 Å². The van der Waals surface area contributed by atoms with Gasteiger partial charge in [-0.25, -0.2) is 9.97 Å². The molecule has 78 valence electrons. The molecule has 1 fully saturated rings. The molecule has 1 aliphatic rings. The van der Waals surface area contributed by atoms with Crippen LogP contribution in [-0.2, 0) is 0 Å². The zero-order valence-electron chi connectivity index (χ0n) is 8.62. The molecular formula is C10H13N5. The highest BCUT2D eigenvalue weighted by Crippen LogP contribution is 2.20. The van der Waals surface area contributed by atoms with E-state index in [2.05, 4.69) is 27.5 Å². The minimum Gasteiger partial charge on any atom is -0.361 e. The predicted octanol–water partition coefficient (Wildman–Crippen LogP) is 0.512. The van der Waals surface area contributed by atoms with Crippen LogP contribution in [0.3, 0.4) is 0 Å². The lowest BCUT2D eigenvalue weighted by Gasteiger charge is -2.25. The molecule has 5 nitrogen and oxygen atoms in total. The molecule has 15 heavy (non-hydrogen) atoms. The van der Waals surface area contributed by atoms with Crippen LogP contribution >= 0.6 is 0 Å². The Labute approximate surface area is 88.5 Å². The third-order valence-electron chi connectivity index (χ3n) is 2.59. The van der Waals surface area contributed by atoms with Crippen molar-refractivity contribution in [2.24, 2.45) is 0 Å². The molecule has 0 aliphatic carbocycles. The van der Waals surface area contributed by atoms with Crippen molar-refractivity contribution in [3.63, 3.8) is 0 Å². The van der Waals surface area contributed by atoms with Gasteiger partial charge in [-0.1, -0.05) is 0 Å². The Morgan fingerprint density at radius 1 is 1.53 bits per heavy atom. The van der Waals surface area contributed by atoms with Gasteiger partial charge in [0.2, 0.25) is 0 Å². The van der Waals surface area contributed by atoms with Crippen molar-refractivity contribution in [1.29, 1.82) is 5.26 Å². The molecule has 0 spiro atoms. The third-order valence-corrected chi connectivity index (χ3v) is 2.59. The van der Waals surface area contributed by atoms with Crippen molar-refractivity contribution in [1.82, 2.24) is 15.3 Å². The van der Waals surface area contributed by atoms with Gasteiger partial charge >= 0.3 is 0 Å². The molecule has 0 bridgehead atoms. The summed E-state index contributed by atoms with van der Waals surface area (Å²) < 4.78 is 0. The highest BCUT2D eigenvalue weighted by molar-refractivity contribution is 5.48. The van der Waals surface area contributed by atoms with E-state index in [1.54, 1.807) is 6.20 Å². The highest BCUT2D eigenvalue weighted by atomic mass is 15.1. The molecule has 1 atom stereocenters. The number of hydrogen-bond acceptors (Lipinski definition) is 5. The predicted molar refractivity (Wildman–Crippen MR) is 56.3 cm³/mol. The average Bonchev–Trinajstić information content (AvgIpc) is 2.66. The van der Waals surface area contributed by atoms with Crippen LogP contribution in [0.15, 0.2) is 12.4 Å². The van der Waals surface area contributed by atoms with Crippen LogP contribution in [0.25, 0.3) is 0 Å². The Kier molecular flexibility index (Phi) is 2.52. The van der Waals surface area contributed by atoms with Crippen molar-refractivity contribution in [3.05, 3.63) is 18.1 Å². The molecule has 1 aromatic rings. The van der Waals surface area contributed by atoms with Crippen LogP contribution in [-0.4, -0.2) is 28.6 Å². The molecule has 1 unspecified atom stereocenters. The summed E-state index contributed by atoms with van der Waals surface area (Å²) in [7, 11) is 0. The van der Waals surface area contributed by atoms with Crippen molar-refractivity contribution >= 4 is 5.82 Å². The molecule has 0 saturated carbocycles. The second kappa shape index (κ2) is 3.83. The number of nitrogens with zero attached hydrogens (tertiary/aromatic N) is 3. The maximum Gasteiger partial charge on any atom is 0.182 e. The summed E-state index contributed by atoms with van der Waals surface area (Å²) >= 11 is 0. The monoisotopic (exact) mass is 203 g/mol. The molecule has 2 rings (SSSR count). The van der Waals surface area contributed by atoms with Gasteiger partial charge in [-0.3, -0.25) is 0 Å². The largest absolute Gasteiger partial charge is 0.361 e. The summed E-state index contributed by atoms with van der Waals surface area (Å²) in [6.45, 7) is 3.99. The number of hydrogen-bond donors (Lipinski definition) is 2. The summed E-state index contributed by atoms with van der Waals surface area (Å²) in [4.78, 5) is 8.10. The lowest BCUT2D eigenvalue weighted by atomic mass is 10.0. The van der Waals surface area contributed by atoms with E-state index >= 15 is 0 Å². The second-order valence-corrected chi connectivity index (χ2v) is 3.98. The second-order valence-electron chi connectivity index (χ2n) is 3.98. The quantitative estimate of drug-likeness (QED) is 0.732. The molecule has 1 saturated heterocycles. The van der Waals surface area contributed by atoms with Gasteiger partial charge in [-0.15, -0.1) is 0 Å². The van der Waals surface area contributed by atoms with Crippen LogP contribution in [0.4, 0.5) is 5.82 Å². The molecule has 2 heterocycles. The number of nitriles is 1. The summed E-state index contributed by atoms with van der Waals surface area (Å²) in [6, 6.07) is 2.03. The molecule has 1 aromatic heterocycles. The first kappa shape index (κ1) is 9.87. The van der Waals surface area contributed by atoms with E-state index in [1.165, 1.54) is 6.20 Å². The Morgan fingerprint density at radius 2 is 2.33 bits per heavy atom. The summed E-state index contributed by atoms with van der Waals surface area (Å²) in [6.07, 6.45) is 4.14. The SMILES string of the molecule is CC1(Nc2nccnc2C#N)CCNC1. The summed E-state index contributed by atoms with van der Waals surface area (Å²) in [5.41, 5.74) is 0.326. The molecular weight excluding hydrogens is 190 g/mol. The maximum absolute atomic E-state index is 8.87. The molecule has 2 N–H and O–H groups in total. The summed E-state index contributed by atoms with van der Waals surface area (Å²) in [5, 5.41) is 15.4. The topological polar surface area (TPSA) is 73.6 Å². The van der Waals surface area contributed by atoms with Crippen LogP contribution in [0.5, 0.6) is 0 Å². The zero-order valence-corrected chi connectivity index (χ0v) is 8.62. The van der Waals surface area contributed by atoms with E-state index < -0.39 is 0 Å². The highest BCUT2D eigenvalue weighted by Gasteiger charge is 2.29. The average molecular weight is 203 g/mol. The van der Waals surface area contributed by atoms with Gasteiger partial charge in [0.25, 0.3) is 0 Å². The first-order valence-corrected chi connectivity index (χ1v) is 4.93. The van der Waals surface area contributed by atoms with Gasteiger partial charge in [0.05, 0.1) is 0 Å². The summed E-state index contributed by atoms with van der Waals surface area (Å²) in [5.74, 6) is 0.575. The number of rotatable bonds is 2.